The van der Waals surface area contributed by atoms with Gasteiger partial charge in [-0.1, -0.05) is 12.1 Å². The Hall–Kier alpha value is -1.31. The molecule has 2 nitrogen and oxygen atoms in total. The Kier molecular flexibility index (Phi) is 1.43. The fourth-order valence-corrected chi connectivity index (χ4v) is 1.45. The Labute approximate surface area is 71.6 Å². The van der Waals surface area contributed by atoms with Crippen molar-refractivity contribution in [1.29, 1.82) is 0 Å². The molecule has 0 saturated heterocycles. The standard InChI is InChI=1S/C10H12N2/c1-6-4-5-9-8(3)11-12-10(9)7(6)2/h4-5H,1-3H3,(H,11,12). The first-order valence-electron chi connectivity index (χ1n) is 4.11. The lowest BCUT2D eigenvalue weighted by molar-refractivity contribution is 1.06. The average Bonchev–Trinajstić information content (AvgIpc) is 2.41. The van der Waals surface area contributed by atoms with E-state index in [1.807, 2.05) is 6.92 Å². The number of nitrogens with zero attached hydrogens (tertiary/aromatic N) is 1. The van der Waals surface area contributed by atoms with Crippen LogP contribution in [0.15, 0.2) is 12.1 Å². The van der Waals surface area contributed by atoms with Crippen LogP contribution in [0.2, 0.25) is 0 Å². The summed E-state index contributed by atoms with van der Waals surface area (Å²) in [5, 5.41) is 8.48. The van der Waals surface area contributed by atoms with Crippen LogP contribution in [0.1, 0.15) is 16.8 Å². The summed E-state index contributed by atoms with van der Waals surface area (Å²) in [4.78, 5) is 0. The smallest absolute Gasteiger partial charge is 0.0955 e. The predicted octanol–water partition coefficient (Wildman–Crippen LogP) is 2.49. The largest absolute Gasteiger partial charge is 0.282 e. The number of aromatic amines is 1. The van der Waals surface area contributed by atoms with Crippen LogP contribution in [-0.2, 0) is 0 Å². The highest BCUT2D eigenvalue weighted by atomic mass is 15.1. The van der Waals surface area contributed by atoms with Crippen molar-refractivity contribution in [3.8, 4) is 0 Å². The van der Waals surface area contributed by atoms with Gasteiger partial charge in [0.25, 0.3) is 0 Å². The zero-order valence-electron chi connectivity index (χ0n) is 7.60. The van der Waals surface area contributed by atoms with Crippen LogP contribution in [0.25, 0.3) is 10.9 Å². The molecule has 1 aromatic heterocycles. The third-order valence-electron chi connectivity index (χ3n) is 2.44. The number of H-pyrrole nitrogens is 1. The van der Waals surface area contributed by atoms with E-state index in [4.69, 9.17) is 0 Å². The molecule has 0 bridgehead atoms. The van der Waals surface area contributed by atoms with Crippen molar-refractivity contribution in [3.05, 3.63) is 29.0 Å². The summed E-state index contributed by atoms with van der Waals surface area (Å²) < 4.78 is 0. The van der Waals surface area contributed by atoms with Gasteiger partial charge in [0.15, 0.2) is 0 Å². The van der Waals surface area contributed by atoms with E-state index in [0.29, 0.717) is 0 Å². The minimum atomic E-state index is 1.10. The molecule has 0 spiro atoms. The first-order chi connectivity index (χ1) is 5.70. The lowest BCUT2D eigenvalue weighted by Gasteiger charge is -1.98. The van der Waals surface area contributed by atoms with Crippen molar-refractivity contribution in [1.82, 2.24) is 10.2 Å². The zero-order valence-corrected chi connectivity index (χ0v) is 7.60. The summed E-state index contributed by atoms with van der Waals surface area (Å²) in [5.74, 6) is 0. The van der Waals surface area contributed by atoms with Gasteiger partial charge in [-0.25, -0.2) is 0 Å². The van der Waals surface area contributed by atoms with Gasteiger partial charge >= 0.3 is 0 Å². The lowest BCUT2D eigenvalue weighted by Crippen LogP contribution is -1.81. The summed E-state index contributed by atoms with van der Waals surface area (Å²) in [6.45, 7) is 6.26. The fraction of sp³-hybridized carbons (Fsp3) is 0.300. The third kappa shape index (κ3) is 0.843. The van der Waals surface area contributed by atoms with Gasteiger partial charge in [0.2, 0.25) is 0 Å². The second-order valence-corrected chi connectivity index (χ2v) is 3.25. The number of benzene rings is 1. The molecule has 0 aliphatic rings. The van der Waals surface area contributed by atoms with Crippen LogP contribution < -0.4 is 0 Å². The normalized spacial score (nSPS) is 10.9. The number of fused-ring (bicyclic) bond motifs is 1. The van der Waals surface area contributed by atoms with Gasteiger partial charge < -0.3 is 0 Å². The van der Waals surface area contributed by atoms with Gasteiger partial charge in [-0.2, -0.15) is 5.10 Å². The van der Waals surface area contributed by atoms with E-state index >= 15 is 0 Å². The number of hydrogen-bond acceptors (Lipinski definition) is 1. The van der Waals surface area contributed by atoms with E-state index in [1.165, 1.54) is 16.5 Å². The average molecular weight is 160 g/mol. The minimum Gasteiger partial charge on any atom is -0.282 e. The molecule has 0 aliphatic carbocycles. The minimum absolute atomic E-state index is 1.10. The van der Waals surface area contributed by atoms with Crippen LogP contribution in [0.5, 0.6) is 0 Å². The molecule has 0 amide bonds. The van der Waals surface area contributed by atoms with E-state index in [0.717, 1.165) is 11.2 Å². The van der Waals surface area contributed by atoms with Gasteiger partial charge in [0.05, 0.1) is 5.52 Å². The van der Waals surface area contributed by atoms with Crippen molar-refractivity contribution in [3.63, 3.8) is 0 Å². The second-order valence-electron chi connectivity index (χ2n) is 3.25. The predicted molar refractivity (Wildman–Crippen MR) is 50.3 cm³/mol. The molecule has 0 fully saturated rings. The molecule has 62 valence electrons. The van der Waals surface area contributed by atoms with Crippen molar-refractivity contribution in [2.75, 3.05) is 0 Å². The van der Waals surface area contributed by atoms with E-state index in [9.17, 15) is 0 Å². The van der Waals surface area contributed by atoms with Gasteiger partial charge in [0, 0.05) is 11.1 Å². The summed E-state index contributed by atoms with van der Waals surface area (Å²) in [7, 11) is 0. The molecule has 0 unspecified atom stereocenters. The molecule has 0 saturated carbocycles. The number of aryl methyl sites for hydroxylation is 3. The van der Waals surface area contributed by atoms with Crippen molar-refractivity contribution >= 4 is 10.9 Å². The molecule has 2 rings (SSSR count). The topological polar surface area (TPSA) is 28.7 Å². The first-order valence-corrected chi connectivity index (χ1v) is 4.11. The molecule has 1 aromatic carbocycles. The van der Waals surface area contributed by atoms with E-state index in [-0.39, 0.29) is 0 Å². The second kappa shape index (κ2) is 2.34. The van der Waals surface area contributed by atoms with Crippen molar-refractivity contribution < 1.29 is 0 Å². The molecular formula is C10H12N2. The molecule has 2 aromatic rings. The summed E-state index contributed by atoms with van der Waals surface area (Å²) in [5.41, 5.74) is 4.83. The van der Waals surface area contributed by atoms with E-state index < -0.39 is 0 Å². The molecule has 1 N–H and O–H groups in total. The fourth-order valence-electron chi connectivity index (χ4n) is 1.45. The van der Waals surface area contributed by atoms with Gasteiger partial charge in [0.1, 0.15) is 0 Å². The number of nitrogens with one attached hydrogen (secondary N) is 1. The Bertz CT molecular complexity index is 427. The van der Waals surface area contributed by atoms with Gasteiger partial charge in [-0.15, -0.1) is 0 Å². The van der Waals surface area contributed by atoms with Crippen LogP contribution in [-0.4, -0.2) is 10.2 Å². The highest BCUT2D eigenvalue weighted by molar-refractivity contribution is 5.84. The molecule has 0 atom stereocenters. The monoisotopic (exact) mass is 160 g/mol. The lowest BCUT2D eigenvalue weighted by atomic mass is 10.1. The summed E-state index contributed by atoms with van der Waals surface area (Å²) >= 11 is 0. The van der Waals surface area contributed by atoms with Crippen molar-refractivity contribution in [2.45, 2.75) is 20.8 Å². The quantitative estimate of drug-likeness (QED) is 0.630. The summed E-state index contributed by atoms with van der Waals surface area (Å²) in [6, 6.07) is 4.26. The number of rotatable bonds is 0. The SMILES string of the molecule is Cc1ccc2c(C)[nH]nc2c1C. The molecular weight excluding hydrogens is 148 g/mol. The van der Waals surface area contributed by atoms with Crippen LogP contribution >= 0.6 is 0 Å². The Balaban J connectivity index is 2.93. The van der Waals surface area contributed by atoms with E-state index in [1.54, 1.807) is 0 Å². The van der Waals surface area contributed by atoms with Crippen LogP contribution in [0.3, 0.4) is 0 Å². The third-order valence-corrected chi connectivity index (χ3v) is 2.44. The number of hydrogen-bond donors (Lipinski definition) is 1. The molecule has 12 heavy (non-hydrogen) atoms. The molecule has 0 aliphatic heterocycles. The Morgan fingerprint density at radius 1 is 1.17 bits per heavy atom. The Morgan fingerprint density at radius 2 is 1.92 bits per heavy atom. The summed E-state index contributed by atoms with van der Waals surface area (Å²) in [6.07, 6.45) is 0. The highest BCUT2D eigenvalue weighted by Gasteiger charge is 2.04. The van der Waals surface area contributed by atoms with E-state index in [2.05, 4.69) is 36.2 Å². The molecule has 0 radical (unpaired) electrons. The maximum atomic E-state index is 4.25. The maximum absolute atomic E-state index is 4.25. The number of aromatic nitrogens is 2. The maximum Gasteiger partial charge on any atom is 0.0955 e. The van der Waals surface area contributed by atoms with Crippen molar-refractivity contribution in [2.24, 2.45) is 0 Å². The molecule has 2 heteroatoms. The highest BCUT2D eigenvalue weighted by Crippen LogP contribution is 2.20. The van der Waals surface area contributed by atoms with Gasteiger partial charge in [-0.05, 0) is 31.9 Å². The van der Waals surface area contributed by atoms with Crippen LogP contribution in [0.4, 0.5) is 0 Å². The van der Waals surface area contributed by atoms with Gasteiger partial charge in [-0.3, -0.25) is 5.10 Å². The van der Waals surface area contributed by atoms with Crippen LogP contribution in [0, 0.1) is 20.8 Å². The first kappa shape index (κ1) is 7.35. The zero-order chi connectivity index (χ0) is 8.72. The molecule has 1 heterocycles. The Morgan fingerprint density at radius 3 is 2.67 bits per heavy atom.